The van der Waals surface area contributed by atoms with Crippen LogP contribution in [0, 0.1) is 12.8 Å². The van der Waals surface area contributed by atoms with Crippen LogP contribution in [0.4, 0.5) is 10.5 Å². The summed E-state index contributed by atoms with van der Waals surface area (Å²) >= 11 is 0. The van der Waals surface area contributed by atoms with Crippen molar-refractivity contribution in [3.05, 3.63) is 29.3 Å². The van der Waals surface area contributed by atoms with Crippen molar-refractivity contribution in [3.63, 3.8) is 0 Å². The van der Waals surface area contributed by atoms with E-state index in [-0.39, 0.29) is 11.8 Å². The van der Waals surface area contributed by atoms with Crippen LogP contribution >= 0.6 is 0 Å². The molecule has 0 radical (unpaired) electrons. The summed E-state index contributed by atoms with van der Waals surface area (Å²) in [5.74, 6) is 0.640. The van der Waals surface area contributed by atoms with Crippen molar-refractivity contribution in [1.29, 1.82) is 0 Å². The summed E-state index contributed by atoms with van der Waals surface area (Å²) in [6.45, 7) is 8.68. The molecule has 1 atom stereocenters. The van der Waals surface area contributed by atoms with Gasteiger partial charge in [-0.1, -0.05) is 6.42 Å². The van der Waals surface area contributed by atoms with Gasteiger partial charge in [0.05, 0.1) is 0 Å². The molecule has 0 aliphatic carbocycles. The number of carbonyl (C=O) groups is 2. The molecule has 0 spiro atoms. The second-order valence-electron chi connectivity index (χ2n) is 7.48. The first-order valence-electron chi connectivity index (χ1n) is 9.43. The number of nitrogens with one attached hydrogen (secondary N) is 1. The lowest BCUT2D eigenvalue weighted by Crippen LogP contribution is -2.37. The number of rotatable bonds is 4. The molecule has 2 fully saturated rings. The van der Waals surface area contributed by atoms with Crippen LogP contribution in [-0.2, 0) is 0 Å². The van der Waals surface area contributed by atoms with Gasteiger partial charge in [-0.25, -0.2) is 4.79 Å². The highest BCUT2D eigenvalue weighted by molar-refractivity contribution is 5.97. The van der Waals surface area contributed by atoms with E-state index in [9.17, 15) is 9.59 Å². The van der Waals surface area contributed by atoms with Crippen molar-refractivity contribution < 1.29 is 9.59 Å². The van der Waals surface area contributed by atoms with Gasteiger partial charge in [-0.15, -0.1) is 0 Å². The van der Waals surface area contributed by atoms with E-state index in [1.807, 2.05) is 24.0 Å². The molecule has 3 rings (SSSR count). The van der Waals surface area contributed by atoms with Crippen molar-refractivity contribution in [2.75, 3.05) is 38.0 Å². The Hall–Kier alpha value is -1.88. The summed E-state index contributed by atoms with van der Waals surface area (Å²) in [6.07, 6.45) is 5.07. The number of aryl methyl sites for hydroxylation is 1. The molecule has 1 aromatic carbocycles. The third-order valence-corrected chi connectivity index (χ3v) is 5.40. The van der Waals surface area contributed by atoms with Crippen LogP contribution in [0.2, 0.25) is 0 Å². The molecule has 1 N–H and O–H groups in total. The molecule has 2 aliphatic heterocycles. The number of nitrogens with zero attached hydrogens (tertiary/aromatic N) is 2. The summed E-state index contributed by atoms with van der Waals surface area (Å²) < 4.78 is 0. The van der Waals surface area contributed by atoms with Crippen LogP contribution in [0.3, 0.4) is 0 Å². The van der Waals surface area contributed by atoms with Gasteiger partial charge in [-0.05, 0) is 75.9 Å². The summed E-state index contributed by atoms with van der Waals surface area (Å²) in [5.41, 5.74) is 2.36. The number of amides is 2. The standard InChI is InChI=1S/C20H29N3O2/c1-15-12-18(6-7-19(15)16(2)24)21-20(25)23-11-8-17(14-23)13-22-9-4-3-5-10-22/h6-7,12,17H,3-5,8-11,13-14H2,1-2H3,(H,21,25)/t17-/m1/s1. The Bertz CT molecular complexity index is 638. The molecule has 136 valence electrons. The predicted molar refractivity (Wildman–Crippen MR) is 100 cm³/mol. The maximum Gasteiger partial charge on any atom is 0.321 e. The van der Waals surface area contributed by atoms with Gasteiger partial charge in [-0.2, -0.15) is 0 Å². The second-order valence-corrected chi connectivity index (χ2v) is 7.48. The molecule has 5 heteroatoms. The van der Waals surface area contributed by atoms with E-state index in [0.29, 0.717) is 11.5 Å². The number of hydrogen-bond donors (Lipinski definition) is 1. The lowest BCUT2D eigenvalue weighted by molar-refractivity contribution is 0.101. The average molecular weight is 343 g/mol. The number of anilines is 1. The molecule has 2 aliphatic rings. The minimum atomic E-state index is -0.0314. The molecule has 0 unspecified atom stereocenters. The Balaban J connectivity index is 1.52. The van der Waals surface area contributed by atoms with E-state index in [4.69, 9.17) is 0 Å². The minimum Gasteiger partial charge on any atom is -0.324 e. The van der Waals surface area contributed by atoms with Gasteiger partial charge in [0.15, 0.2) is 5.78 Å². The summed E-state index contributed by atoms with van der Waals surface area (Å²) in [4.78, 5) is 28.5. The normalized spacial score (nSPS) is 21.4. The Morgan fingerprint density at radius 1 is 1.16 bits per heavy atom. The topological polar surface area (TPSA) is 52.7 Å². The molecule has 2 saturated heterocycles. The second kappa shape index (κ2) is 8.00. The van der Waals surface area contributed by atoms with Crippen molar-refractivity contribution in [2.45, 2.75) is 39.5 Å². The van der Waals surface area contributed by atoms with Crippen molar-refractivity contribution >= 4 is 17.5 Å². The first kappa shape index (κ1) is 17.9. The van der Waals surface area contributed by atoms with Gasteiger partial charge in [0.1, 0.15) is 0 Å². The predicted octanol–water partition coefficient (Wildman–Crippen LogP) is 3.54. The quantitative estimate of drug-likeness (QED) is 0.851. The van der Waals surface area contributed by atoms with E-state index in [1.54, 1.807) is 13.0 Å². The van der Waals surface area contributed by atoms with Gasteiger partial charge < -0.3 is 15.1 Å². The maximum absolute atomic E-state index is 12.5. The number of hydrogen-bond acceptors (Lipinski definition) is 3. The van der Waals surface area contributed by atoms with Gasteiger partial charge in [-0.3, -0.25) is 4.79 Å². The van der Waals surface area contributed by atoms with E-state index in [0.717, 1.165) is 37.3 Å². The Morgan fingerprint density at radius 2 is 1.92 bits per heavy atom. The molecule has 0 aromatic heterocycles. The molecule has 5 nitrogen and oxygen atoms in total. The third-order valence-electron chi connectivity index (χ3n) is 5.40. The minimum absolute atomic E-state index is 0.0314. The zero-order valence-electron chi connectivity index (χ0n) is 15.4. The van der Waals surface area contributed by atoms with E-state index < -0.39 is 0 Å². The van der Waals surface area contributed by atoms with Crippen LogP contribution in [0.15, 0.2) is 18.2 Å². The van der Waals surface area contributed by atoms with Crippen molar-refractivity contribution in [1.82, 2.24) is 9.80 Å². The van der Waals surface area contributed by atoms with Gasteiger partial charge in [0, 0.05) is 30.9 Å². The van der Waals surface area contributed by atoms with Crippen LogP contribution in [0.5, 0.6) is 0 Å². The van der Waals surface area contributed by atoms with Crippen LogP contribution in [-0.4, -0.2) is 54.3 Å². The van der Waals surface area contributed by atoms with Gasteiger partial charge >= 0.3 is 6.03 Å². The third kappa shape index (κ3) is 4.60. The fourth-order valence-corrected chi connectivity index (χ4v) is 4.01. The van der Waals surface area contributed by atoms with E-state index in [2.05, 4.69) is 10.2 Å². The average Bonchev–Trinajstić information content (AvgIpc) is 3.04. The molecule has 2 amide bonds. The fraction of sp³-hybridized carbons (Fsp3) is 0.600. The smallest absolute Gasteiger partial charge is 0.321 e. The van der Waals surface area contributed by atoms with Crippen LogP contribution in [0.25, 0.3) is 0 Å². The summed E-state index contributed by atoms with van der Waals surface area (Å²) in [5, 5.41) is 2.98. The lowest BCUT2D eigenvalue weighted by atomic mass is 10.1. The monoisotopic (exact) mass is 343 g/mol. The Kier molecular flexibility index (Phi) is 5.74. The SMILES string of the molecule is CC(=O)c1ccc(NC(=O)N2CC[C@H](CN3CCCCC3)C2)cc1C. The molecular formula is C20H29N3O2. The molecular weight excluding hydrogens is 314 g/mol. The fourth-order valence-electron chi connectivity index (χ4n) is 4.01. The summed E-state index contributed by atoms with van der Waals surface area (Å²) in [6, 6.07) is 5.44. The Morgan fingerprint density at radius 3 is 2.60 bits per heavy atom. The number of carbonyl (C=O) groups excluding carboxylic acids is 2. The zero-order valence-corrected chi connectivity index (χ0v) is 15.4. The number of likely N-dealkylation sites (tertiary alicyclic amines) is 2. The zero-order chi connectivity index (χ0) is 17.8. The van der Waals surface area contributed by atoms with Crippen molar-refractivity contribution in [3.8, 4) is 0 Å². The van der Waals surface area contributed by atoms with Crippen LogP contribution < -0.4 is 5.32 Å². The highest BCUT2D eigenvalue weighted by Crippen LogP contribution is 2.21. The number of Topliss-reactive ketones (excluding diaryl/α,β-unsaturated/α-hetero) is 1. The largest absolute Gasteiger partial charge is 0.324 e. The first-order valence-corrected chi connectivity index (χ1v) is 9.43. The molecule has 0 bridgehead atoms. The molecule has 0 saturated carbocycles. The highest BCUT2D eigenvalue weighted by atomic mass is 16.2. The maximum atomic E-state index is 12.5. The lowest BCUT2D eigenvalue weighted by Gasteiger charge is -2.29. The molecule has 1 aromatic rings. The van der Waals surface area contributed by atoms with E-state index >= 15 is 0 Å². The van der Waals surface area contributed by atoms with Crippen molar-refractivity contribution in [2.24, 2.45) is 5.92 Å². The number of ketones is 1. The number of benzene rings is 1. The van der Waals surface area contributed by atoms with Gasteiger partial charge in [0.2, 0.25) is 0 Å². The molecule has 25 heavy (non-hydrogen) atoms. The van der Waals surface area contributed by atoms with Crippen LogP contribution in [0.1, 0.15) is 48.5 Å². The summed E-state index contributed by atoms with van der Waals surface area (Å²) in [7, 11) is 0. The molecule has 2 heterocycles. The highest BCUT2D eigenvalue weighted by Gasteiger charge is 2.28. The number of urea groups is 1. The van der Waals surface area contributed by atoms with Gasteiger partial charge in [0.25, 0.3) is 0 Å². The number of piperidine rings is 1. The Labute approximate surface area is 150 Å². The first-order chi connectivity index (χ1) is 12.0. The van der Waals surface area contributed by atoms with E-state index in [1.165, 1.54) is 32.4 Å².